The van der Waals surface area contributed by atoms with Crippen LogP contribution in [0.3, 0.4) is 0 Å². The Kier molecular flexibility index (Phi) is 3.85. The smallest absolute Gasteiger partial charge is 0.225 e. The Labute approximate surface area is 116 Å². The predicted octanol–water partition coefficient (Wildman–Crippen LogP) is 2.32. The highest BCUT2D eigenvalue weighted by molar-refractivity contribution is 7.09. The molecule has 0 spiro atoms. The van der Waals surface area contributed by atoms with Gasteiger partial charge < -0.3 is 11.1 Å². The molecule has 0 saturated carbocycles. The van der Waals surface area contributed by atoms with E-state index < -0.39 is 5.54 Å². The number of nitrogens with zero attached hydrogens (tertiary/aromatic N) is 1. The SMILES string of the molecule is CC(C)(NC(=O)Cc1cccc(N)c1)c1nccs1. The van der Waals surface area contributed by atoms with Gasteiger partial charge in [-0.15, -0.1) is 11.3 Å². The van der Waals surface area contributed by atoms with Crippen molar-refractivity contribution in [2.24, 2.45) is 0 Å². The molecule has 2 rings (SSSR count). The molecular formula is C14H17N3OS. The number of hydrogen-bond acceptors (Lipinski definition) is 4. The Morgan fingerprint density at radius 2 is 2.26 bits per heavy atom. The van der Waals surface area contributed by atoms with E-state index in [-0.39, 0.29) is 5.91 Å². The number of rotatable bonds is 4. The zero-order valence-corrected chi connectivity index (χ0v) is 11.8. The molecule has 5 heteroatoms. The zero-order chi connectivity index (χ0) is 13.9. The molecule has 0 bridgehead atoms. The van der Waals surface area contributed by atoms with E-state index in [0.29, 0.717) is 12.1 Å². The van der Waals surface area contributed by atoms with Crippen LogP contribution in [0.5, 0.6) is 0 Å². The van der Waals surface area contributed by atoms with Crippen molar-refractivity contribution in [1.29, 1.82) is 0 Å². The van der Waals surface area contributed by atoms with Gasteiger partial charge in [-0.25, -0.2) is 4.98 Å². The Balaban J connectivity index is 2.02. The highest BCUT2D eigenvalue weighted by atomic mass is 32.1. The molecule has 1 aromatic carbocycles. The van der Waals surface area contributed by atoms with Gasteiger partial charge >= 0.3 is 0 Å². The third-order valence-electron chi connectivity index (χ3n) is 2.73. The number of nitrogen functional groups attached to an aromatic ring is 1. The molecule has 2 aromatic rings. The lowest BCUT2D eigenvalue weighted by Crippen LogP contribution is -2.41. The maximum atomic E-state index is 12.1. The van der Waals surface area contributed by atoms with Crippen molar-refractivity contribution in [3.63, 3.8) is 0 Å². The molecule has 0 radical (unpaired) electrons. The molecule has 0 aliphatic heterocycles. The van der Waals surface area contributed by atoms with Crippen molar-refractivity contribution in [3.8, 4) is 0 Å². The standard InChI is InChI=1S/C14H17N3OS/c1-14(2,13-16-6-7-19-13)17-12(18)9-10-4-3-5-11(15)8-10/h3-8H,9,15H2,1-2H3,(H,17,18). The number of aromatic nitrogens is 1. The fourth-order valence-corrected chi connectivity index (χ4v) is 2.58. The maximum absolute atomic E-state index is 12.1. The van der Waals surface area contributed by atoms with Gasteiger partial charge in [-0.1, -0.05) is 12.1 Å². The van der Waals surface area contributed by atoms with Gasteiger partial charge in [-0.05, 0) is 31.5 Å². The van der Waals surface area contributed by atoms with Crippen molar-refractivity contribution in [2.75, 3.05) is 5.73 Å². The molecule has 4 nitrogen and oxygen atoms in total. The predicted molar refractivity (Wildman–Crippen MR) is 77.8 cm³/mol. The number of anilines is 1. The second-order valence-corrected chi connectivity index (χ2v) is 5.83. The highest BCUT2D eigenvalue weighted by Crippen LogP contribution is 2.22. The van der Waals surface area contributed by atoms with E-state index in [2.05, 4.69) is 10.3 Å². The number of nitrogens with one attached hydrogen (secondary N) is 1. The number of carbonyl (C=O) groups is 1. The van der Waals surface area contributed by atoms with Gasteiger partial charge in [0.1, 0.15) is 5.01 Å². The van der Waals surface area contributed by atoms with Crippen LogP contribution < -0.4 is 11.1 Å². The van der Waals surface area contributed by atoms with Crippen LogP contribution in [0.4, 0.5) is 5.69 Å². The van der Waals surface area contributed by atoms with E-state index >= 15 is 0 Å². The van der Waals surface area contributed by atoms with Crippen LogP contribution in [0.1, 0.15) is 24.4 Å². The highest BCUT2D eigenvalue weighted by Gasteiger charge is 2.25. The van der Waals surface area contributed by atoms with Gasteiger partial charge in [-0.2, -0.15) is 0 Å². The first-order valence-electron chi connectivity index (χ1n) is 6.03. The molecule has 1 amide bonds. The van der Waals surface area contributed by atoms with Crippen LogP contribution in [0.2, 0.25) is 0 Å². The van der Waals surface area contributed by atoms with Gasteiger partial charge in [0.05, 0.1) is 12.0 Å². The van der Waals surface area contributed by atoms with Crippen molar-refractivity contribution < 1.29 is 4.79 Å². The summed E-state index contributed by atoms with van der Waals surface area (Å²) in [5.74, 6) is -0.0363. The first kappa shape index (κ1) is 13.5. The average molecular weight is 275 g/mol. The summed E-state index contributed by atoms with van der Waals surface area (Å²) in [5.41, 5.74) is 6.83. The van der Waals surface area contributed by atoms with Crippen molar-refractivity contribution >= 4 is 22.9 Å². The molecular weight excluding hydrogens is 258 g/mol. The molecule has 0 saturated heterocycles. The minimum absolute atomic E-state index is 0.0363. The number of nitrogens with two attached hydrogens (primary N) is 1. The summed E-state index contributed by atoms with van der Waals surface area (Å²) in [7, 11) is 0. The molecule has 3 N–H and O–H groups in total. The van der Waals surface area contributed by atoms with E-state index in [4.69, 9.17) is 5.73 Å². The molecule has 1 aromatic heterocycles. The molecule has 0 aliphatic rings. The molecule has 0 unspecified atom stereocenters. The van der Waals surface area contributed by atoms with Gasteiger partial charge in [0, 0.05) is 17.3 Å². The van der Waals surface area contributed by atoms with E-state index in [1.165, 1.54) is 11.3 Å². The quantitative estimate of drug-likeness (QED) is 0.841. The minimum atomic E-state index is -0.453. The molecule has 100 valence electrons. The molecule has 19 heavy (non-hydrogen) atoms. The first-order chi connectivity index (χ1) is 8.97. The Bertz CT molecular complexity index is 564. The van der Waals surface area contributed by atoms with E-state index in [1.807, 2.05) is 37.4 Å². The van der Waals surface area contributed by atoms with Crippen LogP contribution >= 0.6 is 11.3 Å². The lowest BCUT2D eigenvalue weighted by Gasteiger charge is -2.23. The Hall–Kier alpha value is -1.88. The fourth-order valence-electron chi connectivity index (χ4n) is 1.87. The summed E-state index contributed by atoms with van der Waals surface area (Å²) in [5, 5.41) is 5.80. The fraction of sp³-hybridized carbons (Fsp3) is 0.286. The van der Waals surface area contributed by atoms with Crippen molar-refractivity contribution in [2.45, 2.75) is 25.8 Å². The number of amides is 1. The van der Waals surface area contributed by atoms with Crippen LogP contribution in [0.15, 0.2) is 35.8 Å². The van der Waals surface area contributed by atoms with E-state index in [0.717, 1.165) is 10.6 Å². The summed E-state index contributed by atoms with van der Waals surface area (Å²) >= 11 is 1.53. The lowest BCUT2D eigenvalue weighted by atomic mass is 10.1. The van der Waals surface area contributed by atoms with Gasteiger partial charge in [0.2, 0.25) is 5.91 Å². The summed E-state index contributed by atoms with van der Waals surface area (Å²) in [6.07, 6.45) is 2.06. The largest absolute Gasteiger partial charge is 0.399 e. The molecule has 0 aliphatic carbocycles. The van der Waals surface area contributed by atoms with Gasteiger partial charge in [0.15, 0.2) is 0 Å². The van der Waals surface area contributed by atoms with Gasteiger partial charge in [0.25, 0.3) is 0 Å². The number of thiazole rings is 1. The Morgan fingerprint density at radius 1 is 1.47 bits per heavy atom. The first-order valence-corrected chi connectivity index (χ1v) is 6.91. The van der Waals surface area contributed by atoms with Gasteiger partial charge in [-0.3, -0.25) is 4.79 Å². The molecule has 0 atom stereocenters. The van der Waals surface area contributed by atoms with Crippen molar-refractivity contribution in [1.82, 2.24) is 10.3 Å². The number of benzene rings is 1. The topological polar surface area (TPSA) is 68.0 Å². The monoisotopic (exact) mass is 275 g/mol. The summed E-state index contributed by atoms with van der Waals surface area (Å²) in [4.78, 5) is 16.3. The zero-order valence-electron chi connectivity index (χ0n) is 11.0. The normalized spacial score (nSPS) is 11.3. The van der Waals surface area contributed by atoms with Crippen LogP contribution in [-0.2, 0) is 16.8 Å². The van der Waals surface area contributed by atoms with Crippen molar-refractivity contribution in [3.05, 3.63) is 46.4 Å². The van der Waals surface area contributed by atoms with E-state index in [9.17, 15) is 4.79 Å². The number of hydrogen-bond donors (Lipinski definition) is 2. The van der Waals surface area contributed by atoms with Crippen LogP contribution in [0.25, 0.3) is 0 Å². The second kappa shape index (κ2) is 5.40. The Morgan fingerprint density at radius 3 is 2.89 bits per heavy atom. The summed E-state index contributed by atoms with van der Waals surface area (Å²) in [6, 6.07) is 7.37. The minimum Gasteiger partial charge on any atom is -0.399 e. The number of carbonyl (C=O) groups excluding carboxylic acids is 1. The average Bonchev–Trinajstić information content (AvgIpc) is 2.81. The second-order valence-electron chi connectivity index (χ2n) is 4.93. The molecule has 0 fully saturated rings. The maximum Gasteiger partial charge on any atom is 0.225 e. The van der Waals surface area contributed by atoms with Crippen LogP contribution in [-0.4, -0.2) is 10.9 Å². The third kappa shape index (κ3) is 3.54. The summed E-state index contributed by atoms with van der Waals surface area (Å²) < 4.78 is 0. The molecule has 1 heterocycles. The third-order valence-corrected chi connectivity index (χ3v) is 3.83. The summed E-state index contributed by atoms with van der Waals surface area (Å²) in [6.45, 7) is 3.90. The lowest BCUT2D eigenvalue weighted by molar-refractivity contribution is -0.122. The van der Waals surface area contributed by atoms with E-state index in [1.54, 1.807) is 12.3 Å². The van der Waals surface area contributed by atoms with Crippen LogP contribution in [0, 0.1) is 0 Å².